The van der Waals surface area contributed by atoms with E-state index in [9.17, 15) is 13.2 Å². The van der Waals surface area contributed by atoms with Crippen molar-refractivity contribution in [2.45, 2.75) is 29.8 Å². The fourth-order valence-electron chi connectivity index (χ4n) is 3.58. The molecule has 0 unspecified atom stereocenters. The highest BCUT2D eigenvalue weighted by atomic mass is 32.2. The van der Waals surface area contributed by atoms with Crippen molar-refractivity contribution in [1.29, 1.82) is 0 Å². The first-order valence-corrected chi connectivity index (χ1v) is 12.1. The van der Waals surface area contributed by atoms with Gasteiger partial charge in [0.15, 0.2) is 5.16 Å². The molecule has 2 aromatic carbocycles. The van der Waals surface area contributed by atoms with Gasteiger partial charge in [0, 0.05) is 26.3 Å². The molecule has 30 heavy (non-hydrogen) atoms. The van der Waals surface area contributed by atoms with Gasteiger partial charge in [0.2, 0.25) is 15.9 Å². The summed E-state index contributed by atoms with van der Waals surface area (Å²) in [7, 11) is -0.467. The SMILES string of the molecule is Cc1ccc2nc(SCC(=O)N3CCCc4cc(S(=O)(=O)N(C)C)ccc43)[nH]c2c1. The molecule has 0 bridgehead atoms. The minimum atomic E-state index is -3.50. The van der Waals surface area contributed by atoms with Gasteiger partial charge in [0.05, 0.1) is 21.7 Å². The van der Waals surface area contributed by atoms with Crippen LogP contribution in [0.3, 0.4) is 0 Å². The average Bonchev–Trinajstić information content (AvgIpc) is 3.13. The number of nitrogens with zero attached hydrogens (tertiary/aromatic N) is 3. The number of anilines is 1. The molecule has 4 rings (SSSR count). The van der Waals surface area contributed by atoms with Crippen LogP contribution in [0.2, 0.25) is 0 Å². The molecular formula is C21H24N4O3S2. The number of carbonyl (C=O) groups excluding carboxylic acids is 1. The van der Waals surface area contributed by atoms with Gasteiger partial charge in [0.25, 0.3) is 0 Å². The lowest BCUT2D eigenvalue weighted by Gasteiger charge is -2.30. The molecule has 1 aromatic heterocycles. The maximum Gasteiger partial charge on any atom is 0.242 e. The fraction of sp³-hybridized carbons (Fsp3) is 0.333. The number of amides is 1. The third-order valence-corrected chi connectivity index (χ3v) is 7.87. The molecule has 0 atom stereocenters. The summed E-state index contributed by atoms with van der Waals surface area (Å²) >= 11 is 1.38. The molecule has 9 heteroatoms. The molecule has 0 radical (unpaired) electrons. The van der Waals surface area contributed by atoms with E-state index >= 15 is 0 Å². The van der Waals surface area contributed by atoms with Crippen LogP contribution in [0.1, 0.15) is 17.5 Å². The number of aromatic amines is 1. The number of thioether (sulfide) groups is 1. The normalized spacial score (nSPS) is 14.3. The number of aromatic nitrogens is 2. The van der Waals surface area contributed by atoms with Gasteiger partial charge >= 0.3 is 0 Å². The van der Waals surface area contributed by atoms with E-state index in [1.165, 1.54) is 30.2 Å². The summed E-state index contributed by atoms with van der Waals surface area (Å²) in [4.78, 5) is 22.7. The Morgan fingerprint density at radius 2 is 2.03 bits per heavy atom. The maximum absolute atomic E-state index is 12.9. The van der Waals surface area contributed by atoms with Crippen molar-refractivity contribution in [3.8, 4) is 0 Å². The molecule has 1 aliphatic rings. The Morgan fingerprint density at radius 3 is 2.80 bits per heavy atom. The molecule has 0 fully saturated rings. The van der Waals surface area contributed by atoms with Crippen LogP contribution in [0.5, 0.6) is 0 Å². The lowest BCUT2D eigenvalue weighted by Crippen LogP contribution is -2.37. The number of rotatable bonds is 5. The van der Waals surface area contributed by atoms with Gasteiger partial charge in [-0.2, -0.15) is 0 Å². The highest BCUT2D eigenvalue weighted by molar-refractivity contribution is 7.99. The van der Waals surface area contributed by atoms with Gasteiger partial charge in [-0.3, -0.25) is 4.79 Å². The molecule has 1 N–H and O–H groups in total. The van der Waals surface area contributed by atoms with E-state index in [0.717, 1.165) is 40.7 Å². The molecule has 0 spiro atoms. The number of carbonyl (C=O) groups is 1. The zero-order valence-electron chi connectivity index (χ0n) is 17.2. The Morgan fingerprint density at radius 1 is 1.23 bits per heavy atom. The predicted molar refractivity (Wildman–Crippen MR) is 120 cm³/mol. The number of sulfonamides is 1. The Labute approximate surface area is 180 Å². The minimum Gasteiger partial charge on any atom is -0.333 e. The Balaban J connectivity index is 1.51. The number of H-pyrrole nitrogens is 1. The van der Waals surface area contributed by atoms with Gasteiger partial charge < -0.3 is 9.88 Å². The molecule has 1 amide bonds. The van der Waals surface area contributed by atoms with Crippen molar-refractivity contribution in [1.82, 2.24) is 14.3 Å². The first kappa shape index (κ1) is 20.9. The van der Waals surface area contributed by atoms with Gasteiger partial charge in [-0.1, -0.05) is 17.8 Å². The molecule has 3 aromatic rings. The number of hydrogen-bond acceptors (Lipinski definition) is 5. The van der Waals surface area contributed by atoms with Crippen LogP contribution in [0.15, 0.2) is 46.5 Å². The van der Waals surface area contributed by atoms with Crippen LogP contribution in [-0.2, 0) is 21.2 Å². The number of benzene rings is 2. The van der Waals surface area contributed by atoms with Crippen LogP contribution in [0.25, 0.3) is 11.0 Å². The number of imidazole rings is 1. The minimum absolute atomic E-state index is 0.0131. The topological polar surface area (TPSA) is 86.4 Å². The largest absolute Gasteiger partial charge is 0.333 e. The van der Waals surface area contributed by atoms with E-state index in [1.807, 2.05) is 25.1 Å². The first-order chi connectivity index (χ1) is 14.3. The summed E-state index contributed by atoms with van der Waals surface area (Å²) in [6.45, 7) is 2.66. The van der Waals surface area contributed by atoms with Crippen LogP contribution in [0.4, 0.5) is 5.69 Å². The van der Waals surface area contributed by atoms with Crippen LogP contribution >= 0.6 is 11.8 Å². The third-order valence-electron chi connectivity index (χ3n) is 5.20. The highest BCUT2D eigenvalue weighted by Crippen LogP contribution is 2.31. The van der Waals surface area contributed by atoms with Gasteiger partial charge in [-0.05, 0) is 61.2 Å². The molecule has 2 heterocycles. The number of aryl methyl sites for hydroxylation is 2. The summed E-state index contributed by atoms with van der Waals surface area (Å²) in [6.07, 6.45) is 1.56. The van der Waals surface area contributed by atoms with Crippen molar-refractivity contribution in [3.05, 3.63) is 47.5 Å². The third kappa shape index (κ3) is 3.97. The van der Waals surface area contributed by atoms with E-state index in [4.69, 9.17) is 0 Å². The van der Waals surface area contributed by atoms with Crippen molar-refractivity contribution in [2.75, 3.05) is 31.3 Å². The van der Waals surface area contributed by atoms with Gasteiger partial charge in [-0.15, -0.1) is 0 Å². The number of nitrogens with one attached hydrogen (secondary N) is 1. The average molecular weight is 445 g/mol. The Hall–Kier alpha value is -2.36. The summed E-state index contributed by atoms with van der Waals surface area (Å²) in [5.74, 6) is 0.247. The smallest absolute Gasteiger partial charge is 0.242 e. The molecule has 0 saturated heterocycles. The van der Waals surface area contributed by atoms with Crippen LogP contribution in [0, 0.1) is 6.92 Å². The predicted octanol–water partition coefficient (Wildman–Crippen LogP) is 3.19. The van der Waals surface area contributed by atoms with E-state index in [0.29, 0.717) is 11.7 Å². The number of hydrogen-bond donors (Lipinski definition) is 1. The zero-order valence-corrected chi connectivity index (χ0v) is 18.8. The molecule has 158 valence electrons. The zero-order chi connectivity index (χ0) is 21.5. The lowest BCUT2D eigenvalue weighted by molar-refractivity contribution is -0.116. The second-order valence-corrected chi connectivity index (χ2v) is 10.7. The Kier molecular flexibility index (Phi) is 5.61. The summed E-state index contributed by atoms with van der Waals surface area (Å²) in [6, 6.07) is 11.0. The van der Waals surface area contributed by atoms with E-state index in [-0.39, 0.29) is 16.6 Å². The van der Waals surface area contributed by atoms with Crippen LogP contribution < -0.4 is 4.90 Å². The first-order valence-electron chi connectivity index (χ1n) is 9.71. The molecule has 7 nitrogen and oxygen atoms in total. The molecular weight excluding hydrogens is 420 g/mol. The van der Waals surface area contributed by atoms with Crippen molar-refractivity contribution in [3.63, 3.8) is 0 Å². The van der Waals surface area contributed by atoms with Gasteiger partial charge in [-0.25, -0.2) is 17.7 Å². The highest BCUT2D eigenvalue weighted by Gasteiger charge is 2.25. The maximum atomic E-state index is 12.9. The standard InChI is InChI=1S/C21H24N4O3S2/c1-14-6-8-17-18(11-14)23-21(22-17)29-13-20(26)25-10-4-5-15-12-16(7-9-19(15)25)30(27,28)24(2)3/h6-9,11-12H,4-5,10,13H2,1-3H3,(H,22,23). The molecule has 0 aliphatic carbocycles. The van der Waals surface area contributed by atoms with Crippen molar-refractivity contribution < 1.29 is 13.2 Å². The molecule has 1 aliphatic heterocycles. The fourth-order valence-corrected chi connectivity index (χ4v) is 5.29. The monoisotopic (exact) mass is 444 g/mol. The van der Waals surface area contributed by atoms with E-state index < -0.39 is 10.0 Å². The second kappa shape index (κ2) is 8.05. The van der Waals surface area contributed by atoms with E-state index in [1.54, 1.807) is 23.1 Å². The number of fused-ring (bicyclic) bond motifs is 2. The Bertz CT molecular complexity index is 1220. The van der Waals surface area contributed by atoms with Crippen molar-refractivity contribution in [2.24, 2.45) is 0 Å². The summed E-state index contributed by atoms with van der Waals surface area (Å²) in [5, 5.41) is 0.716. The van der Waals surface area contributed by atoms with Gasteiger partial charge in [0.1, 0.15) is 0 Å². The van der Waals surface area contributed by atoms with E-state index in [2.05, 4.69) is 9.97 Å². The summed E-state index contributed by atoms with van der Waals surface area (Å²) < 4.78 is 26.0. The quantitative estimate of drug-likeness (QED) is 0.611. The van der Waals surface area contributed by atoms with Crippen LogP contribution in [-0.4, -0.2) is 55.0 Å². The molecule has 0 saturated carbocycles. The lowest BCUT2D eigenvalue weighted by atomic mass is 10.0. The van der Waals surface area contributed by atoms with Crippen molar-refractivity contribution >= 4 is 44.4 Å². The second-order valence-electron chi connectivity index (χ2n) is 7.58. The summed E-state index contributed by atoms with van der Waals surface area (Å²) in [5.41, 5.74) is 4.68.